The van der Waals surface area contributed by atoms with Gasteiger partial charge in [0.15, 0.2) is 17.3 Å². The molecule has 2 amide bonds. The molecule has 2 N–H and O–H groups in total. The van der Waals surface area contributed by atoms with Crippen LogP contribution in [0.4, 0.5) is 11.4 Å². The van der Waals surface area contributed by atoms with Crippen molar-refractivity contribution in [3.63, 3.8) is 0 Å². The van der Waals surface area contributed by atoms with Crippen LogP contribution in [0.15, 0.2) is 42.5 Å². The normalized spacial score (nSPS) is 9.88. The molecule has 7 heteroatoms. The Bertz CT molecular complexity index is 800. The summed E-state index contributed by atoms with van der Waals surface area (Å²) < 4.78 is 10.2. The number of hydrogen-bond donors (Lipinski definition) is 2. The van der Waals surface area contributed by atoms with Crippen molar-refractivity contribution in [3.8, 4) is 11.5 Å². The predicted molar refractivity (Wildman–Crippen MR) is 93.3 cm³/mol. The lowest BCUT2D eigenvalue weighted by Gasteiger charge is -2.10. The van der Waals surface area contributed by atoms with E-state index in [2.05, 4.69) is 10.6 Å². The van der Waals surface area contributed by atoms with Gasteiger partial charge in [0.05, 0.1) is 14.2 Å². The molecule has 0 aliphatic carbocycles. The predicted octanol–water partition coefficient (Wildman–Crippen LogP) is 2.48. The van der Waals surface area contributed by atoms with Crippen LogP contribution in [0.25, 0.3) is 0 Å². The molecule has 0 spiro atoms. The van der Waals surface area contributed by atoms with Gasteiger partial charge < -0.3 is 20.1 Å². The summed E-state index contributed by atoms with van der Waals surface area (Å²) in [6.07, 6.45) is 0. The molecule has 0 atom stereocenters. The quantitative estimate of drug-likeness (QED) is 0.643. The van der Waals surface area contributed by atoms with Crippen LogP contribution in [0.2, 0.25) is 0 Å². The Morgan fingerprint density at radius 2 is 1.28 bits per heavy atom. The number of carbonyl (C=O) groups excluding carboxylic acids is 3. The number of nitrogens with one attached hydrogen (secondary N) is 2. The summed E-state index contributed by atoms with van der Waals surface area (Å²) in [5.74, 6) is -0.798. The monoisotopic (exact) mass is 342 g/mol. The van der Waals surface area contributed by atoms with E-state index in [0.29, 0.717) is 28.4 Å². The van der Waals surface area contributed by atoms with Crippen molar-refractivity contribution in [1.82, 2.24) is 0 Å². The molecule has 2 aromatic rings. The number of rotatable bonds is 5. The van der Waals surface area contributed by atoms with Crippen LogP contribution in [0.5, 0.6) is 11.5 Å². The van der Waals surface area contributed by atoms with Gasteiger partial charge in [-0.05, 0) is 43.3 Å². The molecular formula is C18H18N2O5. The van der Waals surface area contributed by atoms with Crippen LogP contribution in [-0.4, -0.2) is 31.8 Å². The van der Waals surface area contributed by atoms with Crippen molar-refractivity contribution in [2.45, 2.75) is 6.92 Å². The second-order valence-corrected chi connectivity index (χ2v) is 5.11. The first-order valence-corrected chi connectivity index (χ1v) is 7.40. The highest BCUT2D eigenvalue weighted by molar-refractivity contribution is 6.43. The van der Waals surface area contributed by atoms with Crippen LogP contribution in [0.1, 0.15) is 17.3 Å². The Morgan fingerprint density at radius 3 is 1.80 bits per heavy atom. The maximum Gasteiger partial charge on any atom is 0.314 e. The molecule has 0 radical (unpaired) electrons. The van der Waals surface area contributed by atoms with Crippen molar-refractivity contribution >= 4 is 29.0 Å². The Hall–Kier alpha value is -3.35. The van der Waals surface area contributed by atoms with Gasteiger partial charge >= 0.3 is 11.8 Å². The average Bonchev–Trinajstić information content (AvgIpc) is 2.61. The van der Waals surface area contributed by atoms with E-state index in [4.69, 9.17) is 9.47 Å². The van der Waals surface area contributed by atoms with Gasteiger partial charge in [-0.1, -0.05) is 0 Å². The van der Waals surface area contributed by atoms with E-state index in [0.717, 1.165) is 0 Å². The van der Waals surface area contributed by atoms with Gasteiger partial charge in [-0.15, -0.1) is 0 Å². The highest BCUT2D eigenvalue weighted by Crippen LogP contribution is 2.29. The summed E-state index contributed by atoms with van der Waals surface area (Å²) in [5, 5.41) is 4.94. The third kappa shape index (κ3) is 4.57. The molecular weight excluding hydrogens is 324 g/mol. The first-order chi connectivity index (χ1) is 11.9. The summed E-state index contributed by atoms with van der Waals surface area (Å²) in [7, 11) is 2.97. The molecule has 130 valence electrons. The fraction of sp³-hybridized carbons (Fsp3) is 0.167. The van der Waals surface area contributed by atoms with E-state index < -0.39 is 11.8 Å². The molecule has 2 rings (SSSR count). The SMILES string of the molecule is COc1ccc(NC(=O)C(=O)Nc2ccc(C(C)=O)cc2)cc1OC. The topological polar surface area (TPSA) is 93.7 Å². The molecule has 0 saturated carbocycles. The number of anilines is 2. The maximum absolute atomic E-state index is 12.0. The van der Waals surface area contributed by atoms with Crippen molar-refractivity contribution in [2.24, 2.45) is 0 Å². The van der Waals surface area contributed by atoms with E-state index >= 15 is 0 Å². The van der Waals surface area contributed by atoms with Gasteiger partial charge in [0, 0.05) is 23.0 Å². The minimum atomic E-state index is -0.831. The van der Waals surface area contributed by atoms with E-state index in [1.165, 1.54) is 21.1 Å². The number of Topliss-reactive ketones (excluding diaryl/α,β-unsaturated/α-hetero) is 1. The highest BCUT2D eigenvalue weighted by atomic mass is 16.5. The zero-order valence-corrected chi connectivity index (χ0v) is 14.1. The molecule has 0 unspecified atom stereocenters. The first kappa shape index (κ1) is 18.0. The zero-order valence-electron chi connectivity index (χ0n) is 14.1. The number of hydrogen-bond acceptors (Lipinski definition) is 5. The van der Waals surface area contributed by atoms with Gasteiger partial charge in [0.2, 0.25) is 0 Å². The fourth-order valence-electron chi connectivity index (χ4n) is 2.08. The largest absolute Gasteiger partial charge is 0.493 e. The average molecular weight is 342 g/mol. The van der Waals surface area contributed by atoms with E-state index in [1.807, 2.05) is 0 Å². The van der Waals surface area contributed by atoms with Gasteiger partial charge in [0.1, 0.15) is 0 Å². The molecule has 0 saturated heterocycles. The summed E-state index contributed by atoms with van der Waals surface area (Å²) in [5.41, 5.74) is 1.33. The Balaban J connectivity index is 2.02. The third-order valence-electron chi connectivity index (χ3n) is 3.40. The van der Waals surface area contributed by atoms with Crippen molar-refractivity contribution < 1.29 is 23.9 Å². The molecule has 25 heavy (non-hydrogen) atoms. The Morgan fingerprint density at radius 1 is 0.760 bits per heavy atom. The van der Waals surface area contributed by atoms with Crippen LogP contribution in [-0.2, 0) is 9.59 Å². The van der Waals surface area contributed by atoms with Gasteiger partial charge in [-0.2, -0.15) is 0 Å². The summed E-state index contributed by atoms with van der Waals surface area (Å²) in [6, 6.07) is 11.0. The summed E-state index contributed by atoms with van der Waals surface area (Å²) >= 11 is 0. The number of carbonyl (C=O) groups is 3. The molecule has 2 aromatic carbocycles. The number of ketones is 1. The van der Waals surface area contributed by atoms with Crippen LogP contribution >= 0.6 is 0 Å². The minimum Gasteiger partial charge on any atom is -0.493 e. The summed E-state index contributed by atoms with van der Waals surface area (Å²) in [4.78, 5) is 35.2. The number of amides is 2. The lowest BCUT2D eigenvalue weighted by Crippen LogP contribution is -2.29. The van der Waals surface area contributed by atoms with Crippen LogP contribution in [0.3, 0.4) is 0 Å². The van der Waals surface area contributed by atoms with E-state index in [9.17, 15) is 14.4 Å². The molecule has 0 aliphatic heterocycles. The maximum atomic E-state index is 12.0. The van der Waals surface area contributed by atoms with Crippen molar-refractivity contribution in [2.75, 3.05) is 24.9 Å². The minimum absolute atomic E-state index is 0.0796. The van der Waals surface area contributed by atoms with Crippen molar-refractivity contribution in [3.05, 3.63) is 48.0 Å². The lowest BCUT2D eigenvalue weighted by molar-refractivity contribution is -0.132. The molecule has 0 aliphatic rings. The third-order valence-corrected chi connectivity index (χ3v) is 3.40. The molecule has 7 nitrogen and oxygen atoms in total. The fourth-order valence-corrected chi connectivity index (χ4v) is 2.08. The summed E-state index contributed by atoms with van der Waals surface area (Å²) in [6.45, 7) is 1.45. The molecule has 0 heterocycles. The number of ether oxygens (including phenoxy) is 2. The first-order valence-electron chi connectivity index (χ1n) is 7.40. The Labute approximate surface area is 144 Å². The number of benzene rings is 2. The molecule has 0 aromatic heterocycles. The second-order valence-electron chi connectivity index (χ2n) is 5.11. The lowest BCUT2D eigenvalue weighted by atomic mass is 10.1. The molecule has 0 bridgehead atoms. The van der Waals surface area contributed by atoms with Crippen LogP contribution in [0, 0.1) is 0 Å². The number of methoxy groups -OCH3 is 2. The standard InChI is InChI=1S/C18H18N2O5/c1-11(21)12-4-6-13(7-5-12)19-17(22)18(23)20-14-8-9-15(24-2)16(10-14)25-3/h4-10H,1-3H3,(H,19,22)(H,20,23). The van der Waals surface area contributed by atoms with E-state index in [-0.39, 0.29) is 5.78 Å². The highest BCUT2D eigenvalue weighted by Gasteiger charge is 2.15. The van der Waals surface area contributed by atoms with Crippen LogP contribution < -0.4 is 20.1 Å². The van der Waals surface area contributed by atoms with E-state index in [1.54, 1.807) is 42.5 Å². The molecule has 0 fully saturated rings. The van der Waals surface area contributed by atoms with Gasteiger partial charge in [0.25, 0.3) is 0 Å². The smallest absolute Gasteiger partial charge is 0.314 e. The zero-order chi connectivity index (χ0) is 18.4. The van der Waals surface area contributed by atoms with Gasteiger partial charge in [-0.25, -0.2) is 0 Å². The van der Waals surface area contributed by atoms with Crippen molar-refractivity contribution in [1.29, 1.82) is 0 Å². The Kier molecular flexibility index (Phi) is 5.73. The second kappa shape index (κ2) is 7.96. The van der Waals surface area contributed by atoms with Gasteiger partial charge in [-0.3, -0.25) is 14.4 Å².